The van der Waals surface area contributed by atoms with Crippen LogP contribution in [-0.4, -0.2) is 28.8 Å². The normalized spacial score (nSPS) is 12.1. The van der Waals surface area contributed by atoms with Crippen molar-refractivity contribution in [3.05, 3.63) is 35.6 Å². The minimum Gasteiger partial charge on any atom is -0.352 e. The molecule has 5 heteroatoms. The van der Waals surface area contributed by atoms with Crippen LogP contribution >= 0.6 is 0 Å². The molecule has 1 rings (SSSR count). The van der Waals surface area contributed by atoms with Crippen molar-refractivity contribution in [2.45, 2.75) is 52.7 Å². The molecular weight excluding hydrogens is 271 g/mol. The second-order valence-electron chi connectivity index (χ2n) is 5.34. The molecule has 0 aliphatic carbocycles. The Morgan fingerprint density at radius 1 is 1.19 bits per heavy atom. The van der Waals surface area contributed by atoms with Gasteiger partial charge < -0.3 is 10.2 Å². The zero-order valence-electron chi connectivity index (χ0n) is 13.0. The zero-order valence-corrected chi connectivity index (χ0v) is 13.0. The zero-order chi connectivity index (χ0) is 16.0. The lowest BCUT2D eigenvalue weighted by Gasteiger charge is -2.29. The van der Waals surface area contributed by atoms with Crippen molar-refractivity contribution >= 4 is 11.8 Å². The molecular formula is C16H23FN2O2. The summed E-state index contributed by atoms with van der Waals surface area (Å²) in [4.78, 5) is 25.7. The molecule has 0 saturated carbocycles. The number of rotatable bonds is 6. The molecule has 21 heavy (non-hydrogen) atoms. The summed E-state index contributed by atoms with van der Waals surface area (Å²) in [7, 11) is 0. The maximum absolute atomic E-state index is 12.9. The maximum atomic E-state index is 12.9. The van der Waals surface area contributed by atoms with E-state index in [1.807, 2.05) is 13.8 Å². The highest BCUT2D eigenvalue weighted by atomic mass is 19.1. The minimum atomic E-state index is -0.565. The van der Waals surface area contributed by atoms with E-state index in [-0.39, 0.29) is 23.7 Å². The van der Waals surface area contributed by atoms with Crippen LogP contribution < -0.4 is 5.32 Å². The number of hydrogen-bond donors (Lipinski definition) is 1. The molecule has 0 fully saturated rings. The van der Waals surface area contributed by atoms with Crippen molar-refractivity contribution in [3.63, 3.8) is 0 Å². The first-order valence-electron chi connectivity index (χ1n) is 7.19. The van der Waals surface area contributed by atoms with E-state index < -0.39 is 6.04 Å². The van der Waals surface area contributed by atoms with Gasteiger partial charge in [-0.15, -0.1) is 0 Å². The average molecular weight is 294 g/mol. The van der Waals surface area contributed by atoms with E-state index in [1.165, 1.54) is 17.0 Å². The van der Waals surface area contributed by atoms with Crippen LogP contribution in [0.2, 0.25) is 0 Å². The van der Waals surface area contributed by atoms with Crippen molar-refractivity contribution in [1.29, 1.82) is 0 Å². The largest absolute Gasteiger partial charge is 0.352 e. The Balaban J connectivity index is 2.87. The molecule has 1 aromatic carbocycles. The first-order valence-corrected chi connectivity index (χ1v) is 7.19. The second kappa shape index (κ2) is 7.76. The number of benzene rings is 1. The number of carbonyl (C=O) groups excluding carboxylic acids is 2. The summed E-state index contributed by atoms with van der Waals surface area (Å²) in [6, 6.07) is 5.40. The molecule has 0 aromatic heterocycles. The van der Waals surface area contributed by atoms with Crippen LogP contribution in [0.1, 0.15) is 39.7 Å². The number of carbonyl (C=O) groups is 2. The van der Waals surface area contributed by atoms with Crippen LogP contribution in [0.25, 0.3) is 0 Å². The fourth-order valence-corrected chi connectivity index (χ4v) is 1.98. The average Bonchev–Trinajstić information content (AvgIpc) is 2.44. The standard InChI is InChI=1S/C16H23FN2O2/c1-5-15(20)19(12(4)16(21)18-11(2)3)10-13-6-8-14(17)9-7-13/h6-9,11-12H,5,10H2,1-4H3,(H,18,21)/t12-/m1/s1. The highest BCUT2D eigenvalue weighted by Crippen LogP contribution is 2.12. The molecule has 2 amide bonds. The molecule has 1 atom stereocenters. The van der Waals surface area contributed by atoms with E-state index in [9.17, 15) is 14.0 Å². The summed E-state index contributed by atoms with van der Waals surface area (Å²) in [5.74, 6) is -0.614. The molecule has 0 aliphatic heterocycles. The van der Waals surface area contributed by atoms with Gasteiger partial charge in [0.05, 0.1) is 0 Å². The summed E-state index contributed by atoms with van der Waals surface area (Å²) in [5.41, 5.74) is 0.794. The highest BCUT2D eigenvalue weighted by Gasteiger charge is 2.25. The van der Waals surface area contributed by atoms with Gasteiger partial charge in [0.25, 0.3) is 0 Å². The minimum absolute atomic E-state index is 0.0179. The van der Waals surface area contributed by atoms with Gasteiger partial charge in [0.2, 0.25) is 11.8 Å². The molecule has 0 spiro atoms. The molecule has 1 N–H and O–H groups in total. The lowest BCUT2D eigenvalue weighted by molar-refractivity contribution is -0.140. The fourth-order valence-electron chi connectivity index (χ4n) is 1.98. The van der Waals surface area contributed by atoms with E-state index in [0.717, 1.165) is 5.56 Å². The third-order valence-electron chi connectivity index (χ3n) is 3.17. The quantitative estimate of drug-likeness (QED) is 0.876. The number of nitrogens with zero attached hydrogens (tertiary/aromatic N) is 1. The SMILES string of the molecule is CCC(=O)N(Cc1ccc(F)cc1)[C@H](C)C(=O)NC(C)C. The highest BCUT2D eigenvalue weighted by molar-refractivity contribution is 5.87. The third-order valence-corrected chi connectivity index (χ3v) is 3.17. The molecule has 116 valence electrons. The first-order chi connectivity index (χ1) is 9.85. The van der Waals surface area contributed by atoms with E-state index >= 15 is 0 Å². The Kier molecular flexibility index (Phi) is 6.34. The van der Waals surface area contributed by atoms with Crippen LogP contribution in [0.4, 0.5) is 4.39 Å². The van der Waals surface area contributed by atoms with Gasteiger partial charge >= 0.3 is 0 Å². The van der Waals surface area contributed by atoms with Crippen LogP contribution in [0, 0.1) is 5.82 Å². The Morgan fingerprint density at radius 3 is 2.24 bits per heavy atom. The molecule has 0 radical (unpaired) electrons. The Hall–Kier alpha value is -1.91. The Labute approximate surface area is 125 Å². The molecule has 4 nitrogen and oxygen atoms in total. The summed E-state index contributed by atoms with van der Waals surface area (Å²) in [6.07, 6.45) is 0.320. The lowest BCUT2D eigenvalue weighted by Crippen LogP contribution is -2.48. The van der Waals surface area contributed by atoms with Crippen molar-refractivity contribution < 1.29 is 14.0 Å². The predicted molar refractivity (Wildman–Crippen MR) is 80.0 cm³/mol. The first kappa shape index (κ1) is 17.1. The van der Waals surface area contributed by atoms with Crippen molar-refractivity contribution in [2.75, 3.05) is 0 Å². The van der Waals surface area contributed by atoms with E-state index in [1.54, 1.807) is 26.0 Å². The summed E-state index contributed by atoms with van der Waals surface area (Å²) < 4.78 is 12.9. The molecule has 0 saturated heterocycles. The predicted octanol–water partition coefficient (Wildman–Crippen LogP) is 2.48. The van der Waals surface area contributed by atoms with Crippen LogP contribution in [0.5, 0.6) is 0 Å². The second-order valence-corrected chi connectivity index (χ2v) is 5.34. The monoisotopic (exact) mass is 294 g/mol. The van der Waals surface area contributed by atoms with Gasteiger partial charge in [-0.3, -0.25) is 9.59 Å². The number of halogens is 1. The maximum Gasteiger partial charge on any atom is 0.242 e. The number of nitrogens with one attached hydrogen (secondary N) is 1. The van der Waals surface area contributed by atoms with Crippen LogP contribution in [0.3, 0.4) is 0 Å². The molecule has 0 unspecified atom stereocenters. The van der Waals surface area contributed by atoms with Gasteiger partial charge in [0.15, 0.2) is 0 Å². The lowest BCUT2D eigenvalue weighted by atomic mass is 10.1. The van der Waals surface area contributed by atoms with Crippen LogP contribution in [-0.2, 0) is 16.1 Å². The topological polar surface area (TPSA) is 49.4 Å². The van der Waals surface area contributed by atoms with E-state index in [0.29, 0.717) is 13.0 Å². The number of amides is 2. The van der Waals surface area contributed by atoms with Gasteiger partial charge in [-0.25, -0.2) is 4.39 Å². The van der Waals surface area contributed by atoms with Gasteiger partial charge in [-0.05, 0) is 38.5 Å². The molecule has 0 bridgehead atoms. The molecule has 0 heterocycles. The van der Waals surface area contributed by atoms with Gasteiger partial charge in [0, 0.05) is 19.0 Å². The summed E-state index contributed by atoms with van der Waals surface area (Å²) in [6.45, 7) is 7.49. The summed E-state index contributed by atoms with van der Waals surface area (Å²) in [5, 5.41) is 2.80. The van der Waals surface area contributed by atoms with Crippen LogP contribution in [0.15, 0.2) is 24.3 Å². The van der Waals surface area contributed by atoms with Gasteiger partial charge in [-0.1, -0.05) is 19.1 Å². The van der Waals surface area contributed by atoms with E-state index in [4.69, 9.17) is 0 Å². The van der Waals surface area contributed by atoms with Gasteiger partial charge in [0.1, 0.15) is 11.9 Å². The fraction of sp³-hybridized carbons (Fsp3) is 0.500. The van der Waals surface area contributed by atoms with Crippen molar-refractivity contribution in [3.8, 4) is 0 Å². The smallest absolute Gasteiger partial charge is 0.242 e. The number of hydrogen-bond acceptors (Lipinski definition) is 2. The van der Waals surface area contributed by atoms with Crippen molar-refractivity contribution in [2.24, 2.45) is 0 Å². The van der Waals surface area contributed by atoms with Crippen molar-refractivity contribution in [1.82, 2.24) is 10.2 Å². The van der Waals surface area contributed by atoms with Gasteiger partial charge in [-0.2, -0.15) is 0 Å². The Morgan fingerprint density at radius 2 is 1.76 bits per heavy atom. The molecule has 0 aliphatic rings. The summed E-state index contributed by atoms with van der Waals surface area (Å²) >= 11 is 0. The molecule has 1 aromatic rings. The Bertz CT molecular complexity index is 486. The third kappa shape index (κ3) is 5.17. The van der Waals surface area contributed by atoms with E-state index in [2.05, 4.69) is 5.32 Å².